The molecule has 156 valence electrons. The maximum absolute atomic E-state index is 13.6. The van der Waals surface area contributed by atoms with Gasteiger partial charge in [0.05, 0.1) is 6.10 Å². The average Bonchev–Trinajstić information content (AvgIpc) is 3.24. The van der Waals surface area contributed by atoms with Crippen LogP contribution in [0.15, 0.2) is 48.5 Å². The molecule has 0 aromatic heterocycles. The molecule has 2 N–H and O–H groups in total. The van der Waals surface area contributed by atoms with Gasteiger partial charge in [-0.25, -0.2) is 4.39 Å². The molecule has 1 atom stereocenters. The Bertz CT molecular complexity index is 858. The van der Waals surface area contributed by atoms with Gasteiger partial charge >= 0.3 is 6.36 Å². The zero-order chi connectivity index (χ0) is 20.7. The topological polar surface area (TPSA) is 41.5 Å². The summed E-state index contributed by atoms with van der Waals surface area (Å²) in [5.74, 6) is -0.588. The Kier molecular flexibility index (Phi) is 5.07. The molecule has 0 spiro atoms. The predicted molar refractivity (Wildman–Crippen MR) is 99.9 cm³/mol. The third kappa shape index (κ3) is 4.26. The largest absolute Gasteiger partial charge is 0.573 e. The van der Waals surface area contributed by atoms with Crippen LogP contribution >= 0.6 is 0 Å². The number of aliphatic hydroxyl groups is 1. The van der Waals surface area contributed by atoms with E-state index in [1.165, 1.54) is 24.3 Å². The molecule has 2 saturated heterocycles. The average molecular weight is 409 g/mol. The normalized spacial score (nSPS) is 27.2. The van der Waals surface area contributed by atoms with E-state index in [-0.39, 0.29) is 17.1 Å². The standard InChI is InChI=1S/C22H23F4NO2/c23-17-3-1-2-16(14-17)19(28)21-12-10-20(27-21,11-13-21)9-8-15-4-6-18(7-5-15)29-22(24,25)26/h1-7,14,19,27-28H,8-13H2/t19-,20?,21?/m1/s1. The van der Waals surface area contributed by atoms with Crippen LogP contribution in [0, 0.1) is 5.82 Å². The minimum atomic E-state index is -4.69. The van der Waals surface area contributed by atoms with E-state index in [2.05, 4.69) is 10.1 Å². The number of ether oxygens (including phenoxy) is 1. The Hall–Kier alpha value is -2.12. The van der Waals surface area contributed by atoms with Crippen LogP contribution in [0.25, 0.3) is 0 Å². The molecule has 0 radical (unpaired) electrons. The van der Waals surface area contributed by atoms with E-state index in [0.29, 0.717) is 12.0 Å². The van der Waals surface area contributed by atoms with Crippen molar-refractivity contribution in [1.82, 2.24) is 5.32 Å². The molecule has 29 heavy (non-hydrogen) atoms. The van der Waals surface area contributed by atoms with E-state index in [9.17, 15) is 22.7 Å². The van der Waals surface area contributed by atoms with E-state index in [1.54, 1.807) is 24.3 Å². The van der Waals surface area contributed by atoms with Gasteiger partial charge in [-0.3, -0.25) is 0 Å². The molecule has 2 aromatic rings. The summed E-state index contributed by atoms with van der Waals surface area (Å²) >= 11 is 0. The van der Waals surface area contributed by atoms with Crippen LogP contribution in [0.5, 0.6) is 5.75 Å². The van der Waals surface area contributed by atoms with Gasteiger partial charge in [0.25, 0.3) is 0 Å². The van der Waals surface area contributed by atoms with Gasteiger partial charge in [-0.2, -0.15) is 0 Å². The molecular weight excluding hydrogens is 386 g/mol. The SMILES string of the molecule is O[C@H](c1cccc(F)c1)C12CCC(CCc3ccc(OC(F)(F)F)cc3)(CC1)N2. The highest BCUT2D eigenvalue weighted by Crippen LogP contribution is 2.52. The summed E-state index contributed by atoms with van der Waals surface area (Å²) in [6.45, 7) is 0. The van der Waals surface area contributed by atoms with Crippen LogP contribution < -0.4 is 10.1 Å². The van der Waals surface area contributed by atoms with Crippen molar-refractivity contribution in [2.75, 3.05) is 0 Å². The third-order valence-electron chi connectivity index (χ3n) is 6.35. The first-order valence-corrected chi connectivity index (χ1v) is 9.76. The Morgan fingerprint density at radius 1 is 1.03 bits per heavy atom. The number of benzene rings is 2. The highest BCUT2D eigenvalue weighted by molar-refractivity contribution is 5.29. The summed E-state index contributed by atoms with van der Waals surface area (Å²) < 4.78 is 54.3. The minimum absolute atomic E-state index is 0.102. The molecule has 0 saturated carbocycles. The van der Waals surface area contributed by atoms with Gasteiger partial charge in [0.1, 0.15) is 11.6 Å². The molecule has 2 aromatic carbocycles. The van der Waals surface area contributed by atoms with E-state index in [0.717, 1.165) is 37.7 Å². The fourth-order valence-electron chi connectivity index (χ4n) is 4.84. The van der Waals surface area contributed by atoms with Crippen molar-refractivity contribution in [3.8, 4) is 5.75 Å². The quantitative estimate of drug-likeness (QED) is 0.657. The molecule has 0 aliphatic carbocycles. The number of alkyl halides is 3. The fraction of sp³-hybridized carbons (Fsp3) is 0.455. The Balaban J connectivity index is 1.39. The van der Waals surface area contributed by atoms with Crippen molar-refractivity contribution >= 4 is 0 Å². The first-order valence-electron chi connectivity index (χ1n) is 9.76. The summed E-state index contributed by atoms with van der Waals surface area (Å²) in [5, 5.41) is 14.5. The molecule has 7 heteroatoms. The highest BCUT2D eigenvalue weighted by atomic mass is 19.4. The number of aryl methyl sites for hydroxylation is 1. The fourth-order valence-corrected chi connectivity index (χ4v) is 4.84. The second-order valence-electron chi connectivity index (χ2n) is 8.21. The summed E-state index contributed by atoms with van der Waals surface area (Å²) in [6.07, 6.45) is -0.490. The van der Waals surface area contributed by atoms with Gasteiger partial charge in [0.15, 0.2) is 0 Å². The van der Waals surface area contributed by atoms with E-state index >= 15 is 0 Å². The maximum atomic E-state index is 13.6. The molecule has 2 aliphatic heterocycles. The molecule has 2 bridgehead atoms. The van der Waals surface area contributed by atoms with Crippen molar-refractivity contribution in [1.29, 1.82) is 0 Å². The molecule has 3 nitrogen and oxygen atoms in total. The van der Waals surface area contributed by atoms with Gasteiger partial charge in [-0.1, -0.05) is 24.3 Å². The number of hydrogen-bond donors (Lipinski definition) is 2. The van der Waals surface area contributed by atoms with Crippen LogP contribution in [0.2, 0.25) is 0 Å². The first-order chi connectivity index (χ1) is 13.7. The lowest BCUT2D eigenvalue weighted by molar-refractivity contribution is -0.274. The van der Waals surface area contributed by atoms with Crippen molar-refractivity contribution in [2.45, 2.75) is 62.1 Å². The first kappa shape index (κ1) is 20.2. The van der Waals surface area contributed by atoms with Crippen molar-refractivity contribution in [3.63, 3.8) is 0 Å². The van der Waals surface area contributed by atoms with Crippen LogP contribution in [-0.4, -0.2) is 22.5 Å². The second kappa shape index (κ2) is 7.29. The van der Waals surface area contributed by atoms with E-state index < -0.39 is 18.0 Å². The summed E-state index contributed by atoms with van der Waals surface area (Å²) in [5.41, 5.74) is 0.967. The summed E-state index contributed by atoms with van der Waals surface area (Å²) in [6, 6.07) is 12.0. The summed E-state index contributed by atoms with van der Waals surface area (Å²) in [4.78, 5) is 0. The summed E-state index contributed by atoms with van der Waals surface area (Å²) in [7, 11) is 0. The van der Waals surface area contributed by atoms with Gasteiger partial charge in [0, 0.05) is 11.1 Å². The second-order valence-corrected chi connectivity index (χ2v) is 8.21. The molecule has 2 heterocycles. The van der Waals surface area contributed by atoms with Crippen molar-refractivity contribution < 1.29 is 27.4 Å². The smallest absolute Gasteiger partial charge is 0.406 e. The third-order valence-corrected chi connectivity index (χ3v) is 6.35. The van der Waals surface area contributed by atoms with Crippen molar-refractivity contribution in [3.05, 3.63) is 65.5 Å². The highest BCUT2D eigenvalue weighted by Gasteiger charge is 2.56. The minimum Gasteiger partial charge on any atom is -0.406 e. The predicted octanol–water partition coefficient (Wildman–Crippen LogP) is 5.05. The number of nitrogens with one attached hydrogen (secondary N) is 1. The molecule has 0 amide bonds. The number of hydrogen-bond acceptors (Lipinski definition) is 3. The van der Waals surface area contributed by atoms with Gasteiger partial charge in [0.2, 0.25) is 0 Å². The lowest BCUT2D eigenvalue weighted by Crippen LogP contribution is -2.46. The zero-order valence-corrected chi connectivity index (χ0v) is 15.8. The molecule has 4 rings (SSSR count). The molecule has 2 aliphatic rings. The van der Waals surface area contributed by atoms with Crippen LogP contribution in [0.4, 0.5) is 17.6 Å². The number of halogens is 4. The Morgan fingerprint density at radius 2 is 1.72 bits per heavy atom. The number of fused-ring (bicyclic) bond motifs is 2. The Morgan fingerprint density at radius 3 is 2.34 bits per heavy atom. The molecule has 0 unspecified atom stereocenters. The number of rotatable bonds is 6. The number of aliphatic hydroxyl groups excluding tert-OH is 1. The molecule has 2 fully saturated rings. The van der Waals surface area contributed by atoms with Crippen molar-refractivity contribution in [2.24, 2.45) is 0 Å². The van der Waals surface area contributed by atoms with Gasteiger partial charge in [-0.05, 0) is 73.9 Å². The monoisotopic (exact) mass is 409 g/mol. The van der Waals surface area contributed by atoms with Crippen LogP contribution in [-0.2, 0) is 6.42 Å². The molecular formula is C22H23F4NO2. The lowest BCUT2D eigenvalue weighted by atomic mass is 9.76. The van der Waals surface area contributed by atoms with Gasteiger partial charge < -0.3 is 15.2 Å². The maximum Gasteiger partial charge on any atom is 0.573 e. The van der Waals surface area contributed by atoms with E-state index in [4.69, 9.17) is 0 Å². The zero-order valence-electron chi connectivity index (χ0n) is 15.8. The van der Waals surface area contributed by atoms with Gasteiger partial charge in [-0.15, -0.1) is 13.2 Å². The van der Waals surface area contributed by atoms with Crippen LogP contribution in [0.3, 0.4) is 0 Å². The Labute approximate surface area is 166 Å². The van der Waals surface area contributed by atoms with E-state index in [1.807, 2.05) is 0 Å². The lowest BCUT2D eigenvalue weighted by Gasteiger charge is -2.32. The van der Waals surface area contributed by atoms with Crippen LogP contribution in [0.1, 0.15) is 49.3 Å².